The van der Waals surface area contributed by atoms with Gasteiger partial charge in [0, 0.05) is 17.9 Å². The van der Waals surface area contributed by atoms with Gasteiger partial charge in [0.15, 0.2) is 5.60 Å². The van der Waals surface area contributed by atoms with E-state index in [9.17, 15) is 0 Å². The van der Waals surface area contributed by atoms with Crippen molar-refractivity contribution in [3.63, 3.8) is 0 Å². The first kappa shape index (κ1) is 17.7. The minimum atomic E-state index is -0.760. The SMILES string of the molecule is Clc1ccc(/C=C\C2(c3ccccc3)COC3(CCCCC3)OO2)cc1. The Bertz CT molecular complexity index is 739. The Morgan fingerprint density at radius 2 is 1.58 bits per heavy atom. The normalized spacial score (nSPS) is 25.6. The molecule has 2 aliphatic rings. The molecular weight excluding hydrogens is 348 g/mol. The molecule has 0 aromatic heterocycles. The summed E-state index contributed by atoms with van der Waals surface area (Å²) in [6, 6.07) is 17.8. The van der Waals surface area contributed by atoms with Crippen LogP contribution in [0.3, 0.4) is 0 Å². The van der Waals surface area contributed by atoms with Crippen molar-refractivity contribution in [1.29, 1.82) is 0 Å². The summed E-state index contributed by atoms with van der Waals surface area (Å²) in [6.07, 6.45) is 9.27. The molecule has 1 saturated heterocycles. The predicted molar refractivity (Wildman–Crippen MR) is 103 cm³/mol. The van der Waals surface area contributed by atoms with Crippen LogP contribution < -0.4 is 0 Å². The van der Waals surface area contributed by atoms with Crippen molar-refractivity contribution in [3.8, 4) is 0 Å². The topological polar surface area (TPSA) is 27.7 Å². The lowest BCUT2D eigenvalue weighted by Crippen LogP contribution is -2.50. The molecule has 2 aromatic carbocycles. The van der Waals surface area contributed by atoms with E-state index in [0.29, 0.717) is 6.61 Å². The first-order chi connectivity index (χ1) is 12.7. The van der Waals surface area contributed by atoms with Gasteiger partial charge in [-0.25, -0.2) is 4.89 Å². The van der Waals surface area contributed by atoms with Gasteiger partial charge in [-0.3, -0.25) is 0 Å². The summed E-state index contributed by atoms with van der Waals surface area (Å²) >= 11 is 5.98. The lowest BCUT2D eigenvalue weighted by Gasteiger charge is -2.45. The van der Waals surface area contributed by atoms with E-state index in [2.05, 4.69) is 0 Å². The Morgan fingerprint density at radius 1 is 0.846 bits per heavy atom. The van der Waals surface area contributed by atoms with E-state index in [4.69, 9.17) is 26.1 Å². The van der Waals surface area contributed by atoms with E-state index < -0.39 is 11.4 Å². The van der Waals surface area contributed by atoms with Gasteiger partial charge >= 0.3 is 0 Å². The highest BCUT2D eigenvalue weighted by Gasteiger charge is 2.47. The number of hydrogen-bond donors (Lipinski definition) is 0. The third-order valence-electron chi connectivity index (χ3n) is 5.18. The first-order valence-corrected chi connectivity index (χ1v) is 9.59. The minimum absolute atomic E-state index is 0.432. The van der Waals surface area contributed by atoms with Crippen LogP contribution in [0.1, 0.15) is 43.2 Å². The van der Waals surface area contributed by atoms with E-state index in [1.54, 1.807) is 0 Å². The molecule has 26 heavy (non-hydrogen) atoms. The van der Waals surface area contributed by atoms with E-state index in [0.717, 1.165) is 41.8 Å². The van der Waals surface area contributed by atoms with Crippen LogP contribution in [-0.4, -0.2) is 12.4 Å². The Hall–Kier alpha value is -1.65. The molecule has 0 bridgehead atoms. The molecule has 1 atom stereocenters. The molecule has 4 rings (SSSR count). The van der Waals surface area contributed by atoms with E-state index in [-0.39, 0.29) is 0 Å². The fourth-order valence-corrected chi connectivity index (χ4v) is 3.71. The molecule has 1 aliphatic carbocycles. The summed E-state index contributed by atoms with van der Waals surface area (Å²) in [5, 5.41) is 0.722. The fraction of sp³-hybridized carbons (Fsp3) is 0.364. The van der Waals surface area contributed by atoms with Crippen molar-refractivity contribution >= 4 is 17.7 Å². The van der Waals surface area contributed by atoms with Crippen LogP contribution >= 0.6 is 11.6 Å². The van der Waals surface area contributed by atoms with Gasteiger partial charge in [0.2, 0.25) is 5.79 Å². The molecule has 2 aromatic rings. The maximum Gasteiger partial charge on any atom is 0.201 e. The molecule has 1 saturated carbocycles. The molecule has 4 heteroatoms. The zero-order valence-electron chi connectivity index (χ0n) is 14.7. The number of benzene rings is 2. The molecular formula is C22H23ClO3. The van der Waals surface area contributed by atoms with Crippen molar-refractivity contribution in [2.45, 2.75) is 43.5 Å². The average Bonchev–Trinajstić information content (AvgIpc) is 2.71. The third-order valence-corrected chi connectivity index (χ3v) is 5.44. The Kier molecular flexibility index (Phi) is 5.14. The van der Waals surface area contributed by atoms with Crippen molar-refractivity contribution in [3.05, 3.63) is 76.8 Å². The van der Waals surface area contributed by atoms with Gasteiger partial charge in [0.25, 0.3) is 0 Å². The Balaban J connectivity index is 1.60. The maximum absolute atomic E-state index is 6.26. The van der Waals surface area contributed by atoms with Gasteiger partial charge < -0.3 is 4.74 Å². The number of hydrogen-bond acceptors (Lipinski definition) is 3. The molecule has 3 nitrogen and oxygen atoms in total. The summed E-state index contributed by atoms with van der Waals surface area (Å²) in [7, 11) is 0. The van der Waals surface area contributed by atoms with Crippen molar-refractivity contribution in [1.82, 2.24) is 0 Å². The largest absolute Gasteiger partial charge is 0.343 e. The first-order valence-electron chi connectivity index (χ1n) is 9.21. The summed E-state index contributed by atoms with van der Waals surface area (Å²) < 4.78 is 6.26. The van der Waals surface area contributed by atoms with E-state index in [1.165, 1.54) is 6.42 Å². The quantitative estimate of drug-likeness (QED) is 0.630. The van der Waals surface area contributed by atoms with E-state index >= 15 is 0 Å². The van der Waals surface area contributed by atoms with Crippen LogP contribution in [0.4, 0.5) is 0 Å². The monoisotopic (exact) mass is 370 g/mol. The zero-order valence-corrected chi connectivity index (χ0v) is 15.5. The van der Waals surface area contributed by atoms with Gasteiger partial charge in [-0.2, -0.15) is 4.89 Å². The zero-order chi connectivity index (χ0) is 17.9. The number of halogens is 1. The molecule has 0 radical (unpaired) electrons. The van der Waals surface area contributed by atoms with Gasteiger partial charge in [-0.05, 0) is 42.2 Å². The van der Waals surface area contributed by atoms with Crippen molar-refractivity contribution in [2.24, 2.45) is 0 Å². The molecule has 0 N–H and O–H groups in total. The predicted octanol–water partition coefficient (Wildman–Crippen LogP) is 5.89. The van der Waals surface area contributed by atoms with Crippen LogP contribution in [0.25, 0.3) is 6.08 Å². The summed E-state index contributed by atoms with van der Waals surface area (Å²) in [6.45, 7) is 0.432. The standard InChI is InChI=1S/C22H23ClO3/c23-20-11-9-18(10-12-20)13-16-21(19-7-3-1-4-8-19)17-24-22(26-25-21)14-5-2-6-15-22/h1,3-4,7-13,16H,2,5-6,14-15,17H2/b16-13-. The second-order valence-corrected chi connectivity index (χ2v) is 7.50. The molecule has 0 amide bonds. The van der Waals surface area contributed by atoms with Gasteiger partial charge in [-0.1, -0.05) is 66.6 Å². The number of rotatable bonds is 3. The third kappa shape index (κ3) is 3.72. The van der Waals surface area contributed by atoms with Crippen molar-refractivity contribution in [2.75, 3.05) is 6.61 Å². The molecule has 136 valence electrons. The highest BCUT2D eigenvalue weighted by Crippen LogP contribution is 2.42. The summed E-state index contributed by atoms with van der Waals surface area (Å²) in [4.78, 5) is 11.9. The minimum Gasteiger partial charge on any atom is -0.343 e. The van der Waals surface area contributed by atoms with Crippen LogP contribution in [-0.2, 0) is 20.1 Å². The summed E-state index contributed by atoms with van der Waals surface area (Å²) in [5.41, 5.74) is 1.30. The second-order valence-electron chi connectivity index (χ2n) is 7.07. The van der Waals surface area contributed by atoms with Gasteiger partial charge in [0.1, 0.15) is 0 Å². The Labute approximate surface area is 159 Å². The summed E-state index contributed by atoms with van der Waals surface area (Å²) in [5.74, 6) is -0.579. The highest BCUT2D eigenvalue weighted by molar-refractivity contribution is 6.30. The number of ether oxygens (including phenoxy) is 1. The lowest BCUT2D eigenvalue weighted by molar-refractivity contribution is -0.512. The van der Waals surface area contributed by atoms with Crippen LogP contribution in [0, 0.1) is 0 Å². The van der Waals surface area contributed by atoms with Crippen molar-refractivity contribution < 1.29 is 14.5 Å². The Morgan fingerprint density at radius 3 is 2.23 bits per heavy atom. The molecule has 1 aliphatic heterocycles. The van der Waals surface area contributed by atoms with E-state index in [1.807, 2.05) is 66.7 Å². The maximum atomic E-state index is 6.26. The average molecular weight is 371 g/mol. The second kappa shape index (κ2) is 7.53. The fourth-order valence-electron chi connectivity index (χ4n) is 3.58. The van der Waals surface area contributed by atoms with Crippen LogP contribution in [0.2, 0.25) is 5.02 Å². The molecule has 1 unspecified atom stereocenters. The lowest BCUT2D eigenvalue weighted by atomic mass is 9.90. The van der Waals surface area contributed by atoms with Gasteiger partial charge in [0.05, 0.1) is 6.61 Å². The smallest absolute Gasteiger partial charge is 0.201 e. The molecule has 1 spiro atoms. The van der Waals surface area contributed by atoms with Gasteiger partial charge in [-0.15, -0.1) is 0 Å². The van der Waals surface area contributed by atoms with Crippen LogP contribution in [0.5, 0.6) is 0 Å². The molecule has 1 heterocycles. The highest BCUT2D eigenvalue weighted by atomic mass is 35.5. The molecule has 2 fully saturated rings. The van der Waals surface area contributed by atoms with Crippen LogP contribution in [0.15, 0.2) is 60.7 Å².